The zero-order valence-corrected chi connectivity index (χ0v) is 11.0. The summed E-state index contributed by atoms with van der Waals surface area (Å²) in [7, 11) is 2.23. The molecule has 0 spiro atoms. The molecular formula is C12H21N3S. The van der Waals surface area contributed by atoms with E-state index in [9.17, 15) is 0 Å². The van der Waals surface area contributed by atoms with Crippen molar-refractivity contribution in [1.82, 2.24) is 15.2 Å². The lowest BCUT2D eigenvalue weighted by molar-refractivity contribution is 0.276. The molecule has 1 aromatic heterocycles. The van der Waals surface area contributed by atoms with E-state index in [1.165, 1.54) is 24.3 Å². The van der Waals surface area contributed by atoms with Gasteiger partial charge in [0.05, 0.1) is 5.51 Å². The maximum absolute atomic E-state index is 4.20. The molecule has 4 heteroatoms. The van der Waals surface area contributed by atoms with Crippen LogP contribution in [0, 0.1) is 5.92 Å². The van der Waals surface area contributed by atoms with Gasteiger partial charge in [-0.05, 0) is 45.4 Å². The van der Waals surface area contributed by atoms with Crippen molar-refractivity contribution in [3.63, 3.8) is 0 Å². The lowest BCUT2D eigenvalue weighted by Gasteiger charge is -2.23. The third-order valence-electron chi connectivity index (χ3n) is 3.35. The zero-order chi connectivity index (χ0) is 11.4. The number of thiazole rings is 1. The molecule has 16 heavy (non-hydrogen) atoms. The van der Waals surface area contributed by atoms with Crippen molar-refractivity contribution >= 4 is 11.3 Å². The summed E-state index contributed by atoms with van der Waals surface area (Å²) >= 11 is 1.79. The number of rotatable bonds is 5. The van der Waals surface area contributed by atoms with Crippen LogP contribution < -0.4 is 5.32 Å². The van der Waals surface area contributed by atoms with Gasteiger partial charge < -0.3 is 5.32 Å². The lowest BCUT2D eigenvalue weighted by Crippen LogP contribution is -2.28. The van der Waals surface area contributed by atoms with Crippen LogP contribution in [0.25, 0.3) is 0 Å². The summed E-state index contributed by atoms with van der Waals surface area (Å²) < 4.78 is 0. The van der Waals surface area contributed by atoms with Crippen LogP contribution in [0.4, 0.5) is 0 Å². The minimum atomic E-state index is 0.580. The van der Waals surface area contributed by atoms with E-state index in [1.54, 1.807) is 11.3 Å². The second-order valence-corrected chi connectivity index (χ2v) is 5.50. The Morgan fingerprint density at radius 2 is 2.50 bits per heavy atom. The minimum absolute atomic E-state index is 0.580. The summed E-state index contributed by atoms with van der Waals surface area (Å²) in [6.07, 6.45) is 4.55. The first kappa shape index (κ1) is 12.0. The maximum Gasteiger partial charge on any atom is 0.0794 e. The highest BCUT2D eigenvalue weighted by molar-refractivity contribution is 7.09. The zero-order valence-electron chi connectivity index (χ0n) is 10.1. The number of aromatic nitrogens is 1. The summed E-state index contributed by atoms with van der Waals surface area (Å²) in [5.41, 5.74) is 1.94. The Hall–Kier alpha value is -0.450. The van der Waals surface area contributed by atoms with Crippen molar-refractivity contribution in [3.05, 3.63) is 16.6 Å². The number of nitrogens with one attached hydrogen (secondary N) is 1. The van der Waals surface area contributed by atoms with E-state index in [0.29, 0.717) is 6.04 Å². The third-order valence-corrected chi connectivity index (χ3v) is 4.20. The first-order valence-corrected chi connectivity index (χ1v) is 7.00. The van der Waals surface area contributed by atoms with Gasteiger partial charge in [-0.25, -0.2) is 0 Å². The molecule has 2 rings (SSSR count). The molecule has 1 N–H and O–H groups in total. The third kappa shape index (κ3) is 2.62. The normalized spacial score (nSPS) is 26.4. The van der Waals surface area contributed by atoms with Gasteiger partial charge in [0.1, 0.15) is 0 Å². The minimum Gasteiger partial charge on any atom is -0.316 e. The fourth-order valence-electron chi connectivity index (χ4n) is 2.53. The van der Waals surface area contributed by atoms with E-state index in [-0.39, 0.29) is 0 Å². The van der Waals surface area contributed by atoms with Gasteiger partial charge in [-0.2, -0.15) is 0 Å². The van der Waals surface area contributed by atoms with Crippen LogP contribution in [0.2, 0.25) is 0 Å². The van der Waals surface area contributed by atoms with Crippen LogP contribution in [0.15, 0.2) is 11.7 Å². The summed E-state index contributed by atoms with van der Waals surface area (Å²) in [4.78, 5) is 8.09. The Morgan fingerprint density at radius 3 is 3.19 bits per heavy atom. The molecule has 1 aliphatic heterocycles. The molecule has 3 nitrogen and oxygen atoms in total. The fourth-order valence-corrected chi connectivity index (χ4v) is 3.40. The van der Waals surface area contributed by atoms with Gasteiger partial charge in [0.25, 0.3) is 0 Å². The predicted molar refractivity (Wildman–Crippen MR) is 68.8 cm³/mol. The Kier molecular flexibility index (Phi) is 4.32. The van der Waals surface area contributed by atoms with Crippen LogP contribution in [0.1, 0.15) is 30.7 Å². The van der Waals surface area contributed by atoms with Crippen LogP contribution in [0.3, 0.4) is 0 Å². The van der Waals surface area contributed by atoms with Crippen molar-refractivity contribution in [2.24, 2.45) is 5.92 Å². The molecule has 0 radical (unpaired) electrons. The molecule has 0 aliphatic carbocycles. The topological polar surface area (TPSA) is 28.2 Å². The second kappa shape index (κ2) is 5.75. The Labute approximate surface area is 102 Å². The van der Waals surface area contributed by atoms with Crippen molar-refractivity contribution < 1.29 is 0 Å². The Balaban J connectivity index is 1.96. The number of hydrogen-bond acceptors (Lipinski definition) is 4. The monoisotopic (exact) mass is 239 g/mol. The molecule has 1 saturated heterocycles. The van der Waals surface area contributed by atoms with Crippen molar-refractivity contribution in [1.29, 1.82) is 0 Å². The fraction of sp³-hybridized carbons (Fsp3) is 0.750. The highest BCUT2D eigenvalue weighted by atomic mass is 32.1. The molecule has 90 valence electrons. The Morgan fingerprint density at radius 1 is 1.62 bits per heavy atom. The van der Waals surface area contributed by atoms with Crippen LogP contribution >= 0.6 is 11.3 Å². The van der Waals surface area contributed by atoms with Crippen molar-refractivity contribution in [3.8, 4) is 0 Å². The molecule has 2 unspecified atom stereocenters. The summed E-state index contributed by atoms with van der Waals surface area (Å²) in [6, 6.07) is 0.580. The van der Waals surface area contributed by atoms with E-state index in [1.807, 2.05) is 11.7 Å². The molecule has 1 aromatic rings. The molecule has 0 saturated carbocycles. The molecule has 0 aromatic carbocycles. The number of hydrogen-bond donors (Lipinski definition) is 1. The van der Waals surface area contributed by atoms with E-state index in [2.05, 4.69) is 29.2 Å². The van der Waals surface area contributed by atoms with E-state index in [0.717, 1.165) is 19.0 Å². The van der Waals surface area contributed by atoms with Gasteiger partial charge in [-0.3, -0.25) is 9.88 Å². The van der Waals surface area contributed by atoms with E-state index < -0.39 is 0 Å². The highest BCUT2D eigenvalue weighted by Crippen LogP contribution is 2.37. The van der Waals surface area contributed by atoms with Gasteiger partial charge in [0.15, 0.2) is 0 Å². The summed E-state index contributed by atoms with van der Waals surface area (Å²) in [5, 5.41) is 3.55. The average molecular weight is 239 g/mol. The first-order valence-electron chi connectivity index (χ1n) is 6.12. The second-order valence-electron chi connectivity index (χ2n) is 4.58. The molecule has 2 atom stereocenters. The van der Waals surface area contributed by atoms with Gasteiger partial charge in [0.2, 0.25) is 0 Å². The van der Waals surface area contributed by atoms with Gasteiger partial charge in [-0.1, -0.05) is 6.92 Å². The van der Waals surface area contributed by atoms with Crippen LogP contribution in [-0.4, -0.2) is 36.6 Å². The van der Waals surface area contributed by atoms with Crippen LogP contribution in [-0.2, 0) is 0 Å². The van der Waals surface area contributed by atoms with Crippen molar-refractivity contribution in [2.45, 2.75) is 25.8 Å². The molecular weight excluding hydrogens is 218 g/mol. The van der Waals surface area contributed by atoms with Gasteiger partial charge in [0, 0.05) is 17.1 Å². The first-order chi connectivity index (χ1) is 7.83. The SMILES string of the molecule is CCCNCC1CCN(C)C1c1cncs1. The quantitative estimate of drug-likeness (QED) is 0.798. The predicted octanol–water partition coefficient (Wildman–Crippen LogP) is 2.14. The van der Waals surface area contributed by atoms with Gasteiger partial charge >= 0.3 is 0 Å². The standard InChI is InChI=1S/C12H21N3S/c1-3-5-13-7-10-4-6-15(2)12(10)11-8-14-9-16-11/h8-10,12-13H,3-7H2,1-2H3. The highest BCUT2D eigenvalue weighted by Gasteiger charge is 2.33. The van der Waals surface area contributed by atoms with Gasteiger partial charge in [-0.15, -0.1) is 11.3 Å². The number of nitrogens with zero attached hydrogens (tertiary/aromatic N) is 2. The van der Waals surface area contributed by atoms with E-state index >= 15 is 0 Å². The average Bonchev–Trinajstić information content (AvgIpc) is 2.88. The smallest absolute Gasteiger partial charge is 0.0794 e. The number of likely N-dealkylation sites (tertiary alicyclic amines) is 1. The maximum atomic E-state index is 4.20. The van der Waals surface area contributed by atoms with Crippen LogP contribution in [0.5, 0.6) is 0 Å². The van der Waals surface area contributed by atoms with E-state index in [4.69, 9.17) is 0 Å². The molecule has 0 bridgehead atoms. The summed E-state index contributed by atoms with van der Waals surface area (Å²) in [6.45, 7) is 5.70. The molecule has 2 heterocycles. The molecule has 1 fully saturated rings. The summed E-state index contributed by atoms with van der Waals surface area (Å²) in [5.74, 6) is 0.747. The van der Waals surface area contributed by atoms with Crippen molar-refractivity contribution in [2.75, 3.05) is 26.7 Å². The molecule has 1 aliphatic rings. The molecule has 0 amide bonds. The largest absolute Gasteiger partial charge is 0.316 e. The lowest BCUT2D eigenvalue weighted by atomic mass is 9.99. The Bertz CT molecular complexity index is 299.